The van der Waals surface area contributed by atoms with Gasteiger partial charge >= 0.3 is 0 Å². The minimum absolute atomic E-state index is 1.23. The van der Waals surface area contributed by atoms with Gasteiger partial charge in [-0.15, -0.1) is 0 Å². The predicted octanol–water partition coefficient (Wildman–Crippen LogP) is 7.20. The van der Waals surface area contributed by atoms with Crippen molar-refractivity contribution in [2.45, 2.75) is 39.3 Å². The van der Waals surface area contributed by atoms with Crippen LogP contribution in [-0.4, -0.2) is 16.1 Å². The molecule has 0 nitrogen and oxygen atoms in total. The Morgan fingerprint density at radius 1 is 0.538 bits per heavy atom. The standard InChI is InChI=1S/C22H24Br2Si2/c1-25(2,3)19-11-17(23)13-8-10-16-20(26(4,5)6)12-18(24)14-7-9-15(19)21(13)22(14)16/h7-12H,1-6H3. The highest BCUT2D eigenvalue weighted by Crippen LogP contribution is 2.40. The van der Waals surface area contributed by atoms with E-state index < -0.39 is 16.1 Å². The molecule has 0 aliphatic carbocycles. The molecule has 0 bridgehead atoms. The fourth-order valence-corrected chi connectivity index (χ4v) is 8.88. The van der Waals surface area contributed by atoms with Crippen LogP contribution < -0.4 is 10.4 Å². The summed E-state index contributed by atoms with van der Waals surface area (Å²) in [6.45, 7) is 14.6. The van der Waals surface area contributed by atoms with E-state index in [0.717, 1.165) is 0 Å². The minimum atomic E-state index is -1.45. The van der Waals surface area contributed by atoms with Crippen LogP contribution in [0.25, 0.3) is 32.3 Å². The Hall–Kier alpha value is -0.686. The quantitative estimate of drug-likeness (QED) is 0.200. The Bertz CT molecular complexity index is 1070. The maximum Gasteiger partial charge on any atom is 0.0784 e. The molecular weight excluding hydrogens is 480 g/mol. The maximum atomic E-state index is 3.88. The van der Waals surface area contributed by atoms with E-state index in [1.54, 1.807) is 10.4 Å². The van der Waals surface area contributed by atoms with E-state index in [0.29, 0.717) is 0 Å². The van der Waals surface area contributed by atoms with E-state index in [1.165, 1.54) is 41.3 Å². The molecule has 0 aliphatic heterocycles. The molecule has 0 N–H and O–H groups in total. The average Bonchev–Trinajstić information content (AvgIpc) is 2.53. The molecule has 134 valence electrons. The Morgan fingerprint density at radius 3 is 1.15 bits per heavy atom. The van der Waals surface area contributed by atoms with Crippen LogP contribution in [0.5, 0.6) is 0 Å². The molecule has 26 heavy (non-hydrogen) atoms. The largest absolute Gasteiger partial charge is 0.0784 e. The van der Waals surface area contributed by atoms with Crippen LogP contribution in [-0.2, 0) is 0 Å². The van der Waals surface area contributed by atoms with Gasteiger partial charge < -0.3 is 0 Å². The molecule has 0 unspecified atom stereocenters. The molecule has 0 spiro atoms. The number of rotatable bonds is 2. The Morgan fingerprint density at radius 2 is 0.846 bits per heavy atom. The summed E-state index contributed by atoms with van der Waals surface area (Å²) in [5.74, 6) is 0. The van der Waals surface area contributed by atoms with Gasteiger partial charge in [-0.25, -0.2) is 0 Å². The minimum Gasteiger partial charge on any atom is -0.0656 e. The third kappa shape index (κ3) is 2.72. The van der Waals surface area contributed by atoms with Gasteiger partial charge in [0.25, 0.3) is 0 Å². The SMILES string of the molecule is C[Si](C)(C)c1cc(Br)c2ccc3c([Si](C)(C)C)cc(Br)c4ccc1c2c43. The average molecular weight is 504 g/mol. The zero-order valence-electron chi connectivity index (χ0n) is 16.2. The van der Waals surface area contributed by atoms with Crippen molar-refractivity contribution in [2.75, 3.05) is 0 Å². The molecule has 4 aromatic carbocycles. The van der Waals surface area contributed by atoms with Crippen molar-refractivity contribution in [1.82, 2.24) is 0 Å². The van der Waals surface area contributed by atoms with Gasteiger partial charge in [-0.3, -0.25) is 0 Å². The zero-order chi connectivity index (χ0) is 19.0. The lowest BCUT2D eigenvalue weighted by atomic mass is 9.94. The van der Waals surface area contributed by atoms with Gasteiger partial charge in [0.2, 0.25) is 0 Å². The first-order chi connectivity index (χ1) is 12.0. The second-order valence-corrected chi connectivity index (χ2v) is 21.2. The fourth-order valence-electron chi connectivity index (χ4n) is 4.15. The summed E-state index contributed by atoms with van der Waals surface area (Å²) in [7, 11) is -2.91. The third-order valence-electron chi connectivity index (χ3n) is 5.41. The highest BCUT2D eigenvalue weighted by molar-refractivity contribution is 9.11. The topological polar surface area (TPSA) is 0 Å². The second-order valence-electron chi connectivity index (χ2n) is 9.38. The molecular formula is C22H24Br2Si2. The normalized spacial score (nSPS) is 13.4. The van der Waals surface area contributed by atoms with Crippen molar-refractivity contribution in [3.63, 3.8) is 0 Å². The smallest absolute Gasteiger partial charge is 0.0656 e. The lowest BCUT2D eigenvalue weighted by Gasteiger charge is -2.25. The van der Waals surface area contributed by atoms with Crippen LogP contribution in [0.15, 0.2) is 45.3 Å². The molecule has 0 aliphatic rings. The van der Waals surface area contributed by atoms with E-state index >= 15 is 0 Å². The van der Waals surface area contributed by atoms with Gasteiger partial charge in [-0.05, 0) is 44.5 Å². The molecule has 4 aromatic rings. The molecule has 0 saturated heterocycles. The molecule has 0 amide bonds. The van der Waals surface area contributed by atoms with Crippen molar-refractivity contribution in [3.8, 4) is 0 Å². The van der Waals surface area contributed by atoms with Crippen LogP contribution in [0.3, 0.4) is 0 Å². The summed E-state index contributed by atoms with van der Waals surface area (Å²) < 4.78 is 2.46. The summed E-state index contributed by atoms with van der Waals surface area (Å²) in [4.78, 5) is 0. The van der Waals surface area contributed by atoms with E-state index in [2.05, 4.69) is 108 Å². The molecule has 0 heterocycles. The van der Waals surface area contributed by atoms with Gasteiger partial charge in [-0.1, -0.05) is 106 Å². The summed E-state index contributed by atoms with van der Waals surface area (Å²) in [6.07, 6.45) is 0. The van der Waals surface area contributed by atoms with Gasteiger partial charge in [0.1, 0.15) is 0 Å². The maximum absolute atomic E-state index is 3.88. The monoisotopic (exact) mass is 502 g/mol. The highest BCUT2D eigenvalue weighted by Gasteiger charge is 2.26. The van der Waals surface area contributed by atoms with Crippen molar-refractivity contribution in [2.24, 2.45) is 0 Å². The molecule has 4 heteroatoms. The molecule has 0 atom stereocenters. The van der Waals surface area contributed by atoms with E-state index in [-0.39, 0.29) is 0 Å². The Kier molecular flexibility index (Phi) is 4.24. The lowest BCUT2D eigenvalue weighted by molar-refractivity contribution is 1.69. The first-order valence-corrected chi connectivity index (χ1v) is 17.7. The first-order valence-electron chi connectivity index (χ1n) is 9.10. The number of benzene rings is 4. The number of hydrogen-bond donors (Lipinski definition) is 0. The predicted molar refractivity (Wildman–Crippen MR) is 132 cm³/mol. The summed E-state index contributed by atoms with van der Waals surface area (Å²) >= 11 is 7.76. The third-order valence-corrected chi connectivity index (χ3v) is 10.8. The summed E-state index contributed by atoms with van der Waals surface area (Å²) in [6, 6.07) is 14.1. The first kappa shape index (κ1) is 18.7. The van der Waals surface area contributed by atoms with E-state index in [4.69, 9.17) is 0 Å². The van der Waals surface area contributed by atoms with Crippen molar-refractivity contribution >= 4 is 90.7 Å². The van der Waals surface area contributed by atoms with E-state index in [1.807, 2.05) is 0 Å². The Labute approximate surface area is 174 Å². The van der Waals surface area contributed by atoms with Crippen LogP contribution in [0.2, 0.25) is 39.3 Å². The lowest BCUT2D eigenvalue weighted by Crippen LogP contribution is -2.39. The van der Waals surface area contributed by atoms with Gasteiger partial charge in [0.15, 0.2) is 0 Å². The van der Waals surface area contributed by atoms with Gasteiger partial charge in [0.05, 0.1) is 16.1 Å². The van der Waals surface area contributed by atoms with Crippen molar-refractivity contribution < 1.29 is 0 Å². The highest BCUT2D eigenvalue weighted by atomic mass is 79.9. The van der Waals surface area contributed by atoms with Crippen LogP contribution in [0.4, 0.5) is 0 Å². The Balaban J connectivity index is 2.34. The zero-order valence-corrected chi connectivity index (χ0v) is 21.4. The van der Waals surface area contributed by atoms with Gasteiger partial charge in [0, 0.05) is 8.95 Å². The molecule has 0 saturated carbocycles. The molecule has 0 radical (unpaired) electrons. The van der Waals surface area contributed by atoms with Crippen molar-refractivity contribution in [1.29, 1.82) is 0 Å². The van der Waals surface area contributed by atoms with Crippen LogP contribution in [0.1, 0.15) is 0 Å². The molecule has 4 rings (SSSR count). The van der Waals surface area contributed by atoms with Crippen LogP contribution in [0, 0.1) is 0 Å². The van der Waals surface area contributed by atoms with E-state index in [9.17, 15) is 0 Å². The second kappa shape index (κ2) is 5.90. The molecule has 0 aromatic heterocycles. The van der Waals surface area contributed by atoms with Crippen molar-refractivity contribution in [3.05, 3.63) is 45.3 Å². The van der Waals surface area contributed by atoms with Gasteiger partial charge in [-0.2, -0.15) is 0 Å². The fraction of sp³-hybridized carbons (Fsp3) is 0.273. The summed E-state index contributed by atoms with van der Waals surface area (Å²) in [5.41, 5.74) is 0. The number of hydrogen-bond acceptors (Lipinski definition) is 0. The van der Waals surface area contributed by atoms with Crippen LogP contribution >= 0.6 is 31.9 Å². The summed E-state index contributed by atoms with van der Waals surface area (Å²) in [5, 5.41) is 11.5. The number of halogens is 2. The molecule has 0 fully saturated rings.